The molecule has 64 valence electrons. The molecule has 4 heteroatoms. The number of hydrogen-bond donors (Lipinski definition) is 1. The zero-order chi connectivity index (χ0) is 8.39. The lowest BCUT2D eigenvalue weighted by Gasteiger charge is -1.99. The van der Waals surface area contributed by atoms with E-state index in [-0.39, 0.29) is 5.91 Å². The van der Waals surface area contributed by atoms with Crippen LogP contribution in [0.15, 0.2) is 10.9 Å². The van der Waals surface area contributed by atoms with Gasteiger partial charge in [-0.1, -0.05) is 0 Å². The summed E-state index contributed by atoms with van der Waals surface area (Å²) in [5.41, 5.74) is 2.62. The first-order valence-corrected chi connectivity index (χ1v) is 4.95. The monoisotopic (exact) mass is 182 g/mol. The van der Waals surface area contributed by atoms with Crippen molar-refractivity contribution >= 4 is 17.2 Å². The van der Waals surface area contributed by atoms with E-state index in [9.17, 15) is 4.79 Å². The first kappa shape index (κ1) is 7.73. The molecule has 1 saturated carbocycles. The summed E-state index contributed by atoms with van der Waals surface area (Å²) in [6, 6.07) is 0.455. The first-order valence-electron chi connectivity index (χ1n) is 4.01. The third kappa shape index (κ3) is 2.04. The van der Waals surface area contributed by atoms with E-state index in [0.29, 0.717) is 12.5 Å². The van der Waals surface area contributed by atoms with E-state index < -0.39 is 0 Å². The molecule has 0 aromatic carbocycles. The van der Waals surface area contributed by atoms with Crippen molar-refractivity contribution < 1.29 is 4.79 Å². The summed E-state index contributed by atoms with van der Waals surface area (Å²) >= 11 is 1.52. The maximum atomic E-state index is 11.2. The summed E-state index contributed by atoms with van der Waals surface area (Å²) in [6.07, 6.45) is 2.71. The van der Waals surface area contributed by atoms with Crippen molar-refractivity contribution in [3.05, 3.63) is 16.6 Å². The Bertz CT molecular complexity index is 267. The minimum absolute atomic E-state index is 0.100. The van der Waals surface area contributed by atoms with E-state index in [1.54, 1.807) is 5.51 Å². The normalized spacial score (nSPS) is 16.0. The smallest absolute Gasteiger partial charge is 0.226 e. The fourth-order valence-electron chi connectivity index (χ4n) is 0.996. The van der Waals surface area contributed by atoms with Crippen molar-refractivity contribution in [2.24, 2.45) is 0 Å². The molecule has 0 bridgehead atoms. The zero-order valence-electron chi connectivity index (χ0n) is 6.62. The molecular formula is C8H10N2OS. The zero-order valence-corrected chi connectivity index (χ0v) is 7.43. The van der Waals surface area contributed by atoms with Crippen LogP contribution in [0, 0.1) is 0 Å². The SMILES string of the molecule is O=C(Cc1cscn1)NC1CC1. The number of rotatable bonds is 3. The van der Waals surface area contributed by atoms with Gasteiger partial charge in [0.15, 0.2) is 0 Å². The summed E-state index contributed by atoms with van der Waals surface area (Å²) in [6.45, 7) is 0. The highest BCUT2D eigenvalue weighted by Gasteiger charge is 2.23. The van der Waals surface area contributed by atoms with Crippen molar-refractivity contribution in [3.63, 3.8) is 0 Å². The number of nitrogens with one attached hydrogen (secondary N) is 1. The summed E-state index contributed by atoms with van der Waals surface area (Å²) in [7, 11) is 0. The van der Waals surface area contributed by atoms with Gasteiger partial charge < -0.3 is 5.32 Å². The van der Waals surface area contributed by atoms with Crippen LogP contribution in [0.3, 0.4) is 0 Å². The number of aromatic nitrogens is 1. The number of hydrogen-bond acceptors (Lipinski definition) is 3. The topological polar surface area (TPSA) is 42.0 Å². The van der Waals surface area contributed by atoms with Crippen molar-refractivity contribution in [1.29, 1.82) is 0 Å². The molecular weight excluding hydrogens is 172 g/mol. The summed E-state index contributed by atoms with van der Waals surface area (Å²) in [5, 5.41) is 4.83. The minimum atomic E-state index is 0.100. The van der Waals surface area contributed by atoms with E-state index in [1.807, 2.05) is 5.38 Å². The Labute approximate surface area is 74.8 Å². The van der Waals surface area contributed by atoms with Crippen LogP contribution in [0.25, 0.3) is 0 Å². The number of carbonyl (C=O) groups is 1. The van der Waals surface area contributed by atoms with Gasteiger partial charge in [0.05, 0.1) is 17.6 Å². The highest BCUT2D eigenvalue weighted by Crippen LogP contribution is 2.18. The Balaban J connectivity index is 1.82. The average Bonchev–Trinajstić information content (AvgIpc) is 2.66. The molecule has 0 aliphatic heterocycles. The van der Waals surface area contributed by atoms with Crippen molar-refractivity contribution in [2.75, 3.05) is 0 Å². The molecule has 0 atom stereocenters. The molecule has 1 aliphatic carbocycles. The maximum absolute atomic E-state index is 11.2. The fourth-order valence-corrected chi connectivity index (χ4v) is 1.55. The van der Waals surface area contributed by atoms with Gasteiger partial charge in [-0.15, -0.1) is 11.3 Å². The lowest BCUT2D eigenvalue weighted by molar-refractivity contribution is -0.120. The van der Waals surface area contributed by atoms with Crippen molar-refractivity contribution in [2.45, 2.75) is 25.3 Å². The van der Waals surface area contributed by atoms with Crippen LogP contribution in [0.2, 0.25) is 0 Å². The van der Waals surface area contributed by atoms with Crippen LogP contribution in [-0.4, -0.2) is 16.9 Å². The van der Waals surface area contributed by atoms with Crippen LogP contribution < -0.4 is 5.32 Å². The van der Waals surface area contributed by atoms with Gasteiger partial charge >= 0.3 is 0 Å². The van der Waals surface area contributed by atoms with E-state index in [2.05, 4.69) is 10.3 Å². The van der Waals surface area contributed by atoms with Gasteiger partial charge in [-0.3, -0.25) is 4.79 Å². The van der Waals surface area contributed by atoms with Crippen LogP contribution in [0.4, 0.5) is 0 Å². The molecule has 0 unspecified atom stereocenters. The standard InChI is InChI=1S/C8H10N2OS/c11-8(10-6-1-2-6)3-7-4-12-5-9-7/h4-6H,1-3H2,(H,10,11). The molecule has 1 heterocycles. The molecule has 12 heavy (non-hydrogen) atoms. The highest BCUT2D eigenvalue weighted by molar-refractivity contribution is 7.07. The Morgan fingerprint density at radius 3 is 3.17 bits per heavy atom. The number of amides is 1. The third-order valence-electron chi connectivity index (χ3n) is 1.77. The van der Waals surface area contributed by atoms with Gasteiger partial charge in [-0.25, -0.2) is 4.98 Å². The fraction of sp³-hybridized carbons (Fsp3) is 0.500. The second-order valence-electron chi connectivity index (χ2n) is 3.00. The maximum Gasteiger partial charge on any atom is 0.226 e. The molecule has 1 N–H and O–H groups in total. The second-order valence-corrected chi connectivity index (χ2v) is 3.72. The van der Waals surface area contributed by atoms with Crippen LogP contribution >= 0.6 is 11.3 Å². The third-order valence-corrected chi connectivity index (χ3v) is 2.40. The molecule has 1 aromatic heterocycles. The summed E-state index contributed by atoms with van der Waals surface area (Å²) in [5.74, 6) is 0.100. The van der Waals surface area contributed by atoms with Crippen molar-refractivity contribution in [1.82, 2.24) is 10.3 Å². The predicted molar refractivity (Wildman–Crippen MR) is 47.0 cm³/mol. The second kappa shape index (κ2) is 3.23. The molecule has 2 rings (SSSR count). The van der Waals surface area contributed by atoms with Gasteiger partial charge in [0.25, 0.3) is 0 Å². The Hall–Kier alpha value is -0.900. The Morgan fingerprint density at radius 2 is 2.58 bits per heavy atom. The molecule has 0 saturated heterocycles. The largest absolute Gasteiger partial charge is 0.353 e. The number of carbonyl (C=O) groups excluding carboxylic acids is 1. The predicted octanol–water partition coefficient (Wildman–Crippen LogP) is 0.964. The molecule has 1 fully saturated rings. The van der Waals surface area contributed by atoms with E-state index in [0.717, 1.165) is 18.5 Å². The van der Waals surface area contributed by atoms with Gasteiger partial charge in [0.1, 0.15) is 0 Å². The van der Waals surface area contributed by atoms with E-state index in [1.165, 1.54) is 11.3 Å². The number of nitrogens with zero attached hydrogens (tertiary/aromatic N) is 1. The van der Waals surface area contributed by atoms with Gasteiger partial charge in [0.2, 0.25) is 5.91 Å². The van der Waals surface area contributed by atoms with Crippen molar-refractivity contribution in [3.8, 4) is 0 Å². The number of thiazole rings is 1. The van der Waals surface area contributed by atoms with Gasteiger partial charge in [0, 0.05) is 11.4 Å². The summed E-state index contributed by atoms with van der Waals surface area (Å²) in [4.78, 5) is 15.3. The minimum Gasteiger partial charge on any atom is -0.353 e. The first-order chi connectivity index (χ1) is 5.84. The van der Waals surface area contributed by atoms with E-state index in [4.69, 9.17) is 0 Å². The van der Waals surface area contributed by atoms with Crippen LogP contribution in [0.1, 0.15) is 18.5 Å². The molecule has 3 nitrogen and oxygen atoms in total. The van der Waals surface area contributed by atoms with Crippen LogP contribution in [0.5, 0.6) is 0 Å². The molecule has 0 radical (unpaired) electrons. The van der Waals surface area contributed by atoms with Crippen LogP contribution in [-0.2, 0) is 11.2 Å². The molecule has 1 aliphatic rings. The lowest BCUT2D eigenvalue weighted by atomic mass is 10.3. The molecule has 0 spiro atoms. The quantitative estimate of drug-likeness (QED) is 0.756. The van der Waals surface area contributed by atoms with E-state index >= 15 is 0 Å². The Morgan fingerprint density at radius 1 is 1.75 bits per heavy atom. The lowest BCUT2D eigenvalue weighted by Crippen LogP contribution is -2.26. The average molecular weight is 182 g/mol. The van der Waals surface area contributed by atoms with Gasteiger partial charge in [-0.05, 0) is 12.8 Å². The molecule has 1 aromatic rings. The molecule has 1 amide bonds. The highest BCUT2D eigenvalue weighted by atomic mass is 32.1. The Kier molecular flexibility index (Phi) is 2.08. The summed E-state index contributed by atoms with van der Waals surface area (Å²) < 4.78 is 0. The van der Waals surface area contributed by atoms with Gasteiger partial charge in [-0.2, -0.15) is 0 Å².